The summed E-state index contributed by atoms with van der Waals surface area (Å²) in [4.78, 5) is 38.8. The Kier molecular flexibility index (Phi) is 7.40. The van der Waals surface area contributed by atoms with Gasteiger partial charge in [-0.3, -0.25) is 9.59 Å². The number of amides is 2. The molecule has 3 aliphatic carbocycles. The molecule has 13 heteroatoms. The standard InChI is InChI=1S/C30H36F4N6O3/c1-39-22-16-35-27(38-24(22)40(17-28(12-13-28)26(39)42)20-4-3-9-30(33,34)15-20)37-21-6-5-18(14-23(21)43-2)25(41)36-19-7-10-29(31,32)11-8-19/h5-6,14,16,19-20H,3-4,7-13,15,17H2,1-2H3,(H,36,41)(H,35,37,38). The van der Waals surface area contributed by atoms with Crippen molar-refractivity contribution in [2.45, 2.75) is 88.1 Å². The van der Waals surface area contributed by atoms with E-state index >= 15 is 0 Å². The largest absolute Gasteiger partial charge is 0.495 e. The van der Waals surface area contributed by atoms with Crippen molar-refractivity contribution in [3.05, 3.63) is 30.0 Å². The van der Waals surface area contributed by atoms with Gasteiger partial charge < -0.3 is 25.2 Å². The number of alkyl halides is 4. The summed E-state index contributed by atoms with van der Waals surface area (Å²) in [5.41, 5.74) is 0.631. The highest BCUT2D eigenvalue weighted by molar-refractivity contribution is 6.03. The van der Waals surface area contributed by atoms with Crippen LogP contribution in [0.4, 0.5) is 40.7 Å². The molecule has 232 valence electrons. The fourth-order valence-electron chi connectivity index (χ4n) is 6.55. The van der Waals surface area contributed by atoms with Crippen LogP contribution in [0.2, 0.25) is 0 Å². The van der Waals surface area contributed by atoms with E-state index in [2.05, 4.69) is 15.6 Å². The smallest absolute Gasteiger partial charge is 0.251 e. The number of aromatic nitrogens is 2. The zero-order valence-electron chi connectivity index (χ0n) is 24.3. The number of carbonyl (C=O) groups excluding carboxylic acids is 2. The minimum atomic E-state index is -2.78. The highest BCUT2D eigenvalue weighted by Crippen LogP contribution is 2.53. The van der Waals surface area contributed by atoms with Gasteiger partial charge >= 0.3 is 0 Å². The Bertz CT molecular complexity index is 1410. The maximum atomic E-state index is 14.5. The van der Waals surface area contributed by atoms with Crippen molar-refractivity contribution in [3.63, 3.8) is 0 Å². The normalized spacial score (nSPS) is 24.2. The number of nitrogens with zero attached hydrogens (tertiary/aromatic N) is 4. The number of carbonyl (C=O) groups is 2. The van der Waals surface area contributed by atoms with E-state index in [1.165, 1.54) is 24.3 Å². The number of ether oxygens (including phenoxy) is 1. The van der Waals surface area contributed by atoms with Gasteiger partial charge in [-0.05, 0) is 56.7 Å². The summed E-state index contributed by atoms with van der Waals surface area (Å²) in [5, 5.41) is 5.94. The summed E-state index contributed by atoms with van der Waals surface area (Å²) in [6.45, 7) is 0.326. The lowest BCUT2D eigenvalue weighted by Gasteiger charge is -2.39. The second kappa shape index (κ2) is 10.8. The first-order chi connectivity index (χ1) is 20.4. The van der Waals surface area contributed by atoms with E-state index in [1.54, 1.807) is 19.2 Å². The Labute approximate surface area is 247 Å². The van der Waals surface area contributed by atoms with Gasteiger partial charge in [0.25, 0.3) is 5.91 Å². The second-order valence-electron chi connectivity index (χ2n) is 12.4. The third-order valence-corrected chi connectivity index (χ3v) is 9.29. The number of rotatable bonds is 6. The van der Waals surface area contributed by atoms with E-state index in [9.17, 15) is 27.2 Å². The van der Waals surface area contributed by atoms with Gasteiger partial charge in [-0.2, -0.15) is 4.98 Å². The number of nitrogens with one attached hydrogen (secondary N) is 2. The van der Waals surface area contributed by atoms with E-state index in [-0.39, 0.29) is 62.3 Å². The molecule has 0 bridgehead atoms. The van der Waals surface area contributed by atoms with Crippen LogP contribution in [0.25, 0.3) is 0 Å². The molecule has 6 rings (SSSR count). The van der Waals surface area contributed by atoms with E-state index in [4.69, 9.17) is 9.72 Å². The molecule has 0 radical (unpaired) electrons. The molecule has 9 nitrogen and oxygen atoms in total. The molecule has 1 aromatic carbocycles. The minimum absolute atomic E-state index is 0.0550. The van der Waals surface area contributed by atoms with Crippen LogP contribution >= 0.6 is 0 Å². The summed E-state index contributed by atoms with van der Waals surface area (Å²) in [7, 11) is 3.12. The molecule has 1 unspecified atom stereocenters. The quantitative estimate of drug-likeness (QED) is 0.410. The van der Waals surface area contributed by atoms with E-state index in [1.807, 2.05) is 4.90 Å². The lowest BCUT2D eigenvalue weighted by atomic mass is 9.90. The van der Waals surface area contributed by atoms with Crippen LogP contribution < -0.4 is 25.2 Å². The van der Waals surface area contributed by atoms with Crippen molar-refractivity contribution in [2.75, 3.05) is 35.8 Å². The Balaban J connectivity index is 1.25. The maximum absolute atomic E-state index is 14.5. The van der Waals surface area contributed by atoms with Gasteiger partial charge in [-0.15, -0.1) is 0 Å². The molecule has 2 N–H and O–H groups in total. The molecule has 1 aromatic heterocycles. The number of methoxy groups -OCH3 is 1. The predicted octanol–water partition coefficient (Wildman–Crippen LogP) is 5.68. The Morgan fingerprint density at radius 2 is 1.79 bits per heavy atom. The molecule has 0 saturated heterocycles. The van der Waals surface area contributed by atoms with Crippen molar-refractivity contribution < 1.29 is 31.9 Å². The third-order valence-electron chi connectivity index (χ3n) is 9.29. The number of fused-ring (bicyclic) bond motifs is 1. The molecule has 2 aromatic rings. The minimum Gasteiger partial charge on any atom is -0.495 e. The third kappa shape index (κ3) is 5.95. The second-order valence-corrected chi connectivity index (χ2v) is 12.4. The summed E-state index contributed by atoms with van der Waals surface area (Å²) in [6, 6.07) is 3.96. The molecule has 2 amide bonds. The zero-order chi connectivity index (χ0) is 30.6. The number of halogens is 4. The Morgan fingerprint density at radius 1 is 1.05 bits per heavy atom. The van der Waals surface area contributed by atoms with E-state index in [0.717, 1.165) is 0 Å². The highest BCUT2D eigenvalue weighted by Gasteiger charge is 2.56. The van der Waals surface area contributed by atoms with E-state index in [0.29, 0.717) is 60.7 Å². The molecular weight excluding hydrogens is 568 g/mol. The van der Waals surface area contributed by atoms with Crippen LogP contribution in [0, 0.1) is 5.41 Å². The van der Waals surface area contributed by atoms with Gasteiger partial charge in [0.1, 0.15) is 11.4 Å². The van der Waals surface area contributed by atoms with Gasteiger partial charge in [-0.1, -0.05) is 0 Å². The van der Waals surface area contributed by atoms with Crippen LogP contribution in [0.15, 0.2) is 24.4 Å². The average Bonchev–Trinajstić information content (AvgIpc) is 3.77. The monoisotopic (exact) mass is 604 g/mol. The van der Waals surface area contributed by atoms with Crippen LogP contribution in [-0.4, -0.2) is 66.4 Å². The number of hydrogen-bond acceptors (Lipinski definition) is 7. The first-order valence-electron chi connectivity index (χ1n) is 14.8. The highest BCUT2D eigenvalue weighted by atomic mass is 19.3. The van der Waals surface area contributed by atoms with E-state index < -0.39 is 23.3 Å². The van der Waals surface area contributed by atoms with Crippen LogP contribution in [-0.2, 0) is 4.79 Å². The van der Waals surface area contributed by atoms with Crippen LogP contribution in [0.5, 0.6) is 5.75 Å². The maximum Gasteiger partial charge on any atom is 0.251 e. The fourth-order valence-corrected chi connectivity index (χ4v) is 6.55. The van der Waals surface area contributed by atoms with Crippen molar-refractivity contribution in [3.8, 4) is 5.75 Å². The lowest BCUT2D eigenvalue weighted by molar-refractivity contribution is -0.123. The molecule has 1 atom stereocenters. The lowest BCUT2D eigenvalue weighted by Crippen LogP contribution is -2.46. The Hall–Kier alpha value is -3.64. The Morgan fingerprint density at radius 3 is 2.47 bits per heavy atom. The van der Waals surface area contributed by atoms with Crippen LogP contribution in [0.3, 0.4) is 0 Å². The molecular formula is C30H36F4N6O3. The number of hydrogen-bond donors (Lipinski definition) is 2. The summed E-state index contributed by atoms with van der Waals surface area (Å²) < 4.78 is 61.6. The zero-order valence-corrected chi connectivity index (χ0v) is 24.3. The van der Waals surface area contributed by atoms with Gasteiger partial charge in [0.15, 0.2) is 5.82 Å². The molecule has 1 aliphatic heterocycles. The van der Waals surface area contributed by atoms with Crippen molar-refractivity contribution in [1.82, 2.24) is 15.3 Å². The van der Waals surface area contributed by atoms with Gasteiger partial charge in [0.05, 0.1) is 24.4 Å². The molecule has 3 fully saturated rings. The number of benzene rings is 1. The first-order valence-corrected chi connectivity index (χ1v) is 14.8. The van der Waals surface area contributed by atoms with Crippen LogP contribution in [0.1, 0.15) is 74.6 Å². The van der Waals surface area contributed by atoms with Crippen molar-refractivity contribution >= 4 is 35.0 Å². The SMILES string of the molecule is COc1cc(C(=O)NC2CCC(F)(F)CC2)ccc1Nc1ncc2c(n1)N(C1CCCC(F)(F)C1)CC1(CC1)C(=O)N2C. The summed E-state index contributed by atoms with van der Waals surface area (Å²) in [6.07, 6.45) is 3.37. The average molecular weight is 605 g/mol. The number of anilines is 4. The molecule has 4 aliphatic rings. The van der Waals surface area contributed by atoms with Gasteiger partial charge in [0, 0.05) is 56.9 Å². The van der Waals surface area contributed by atoms with Gasteiger partial charge in [0.2, 0.25) is 23.7 Å². The summed E-state index contributed by atoms with van der Waals surface area (Å²) in [5.74, 6) is -4.97. The predicted molar refractivity (Wildman–Crippen MR) is 153 cm³/mol. The van der Waals surface area contributed by atoms with Gasteiger partial charge in [-0.25, -0.2) is 22.5 Å². The van der Waals surface area contributed by atoms with Crippen molar-refractivity contribution in [1.29, 1.82) is 0 Å². The molecule has 43 heavy (non-hydrogen) atoms. The fraction of sp³-hybridized carbons (Fsp3) is 0.600. The van der Waals surface area contributed by atoms with Crippen molar-refractivity contribution in [2.24, 2.45) is 5.41 Å². The molecule has 1 spiro atoms. The summed E-state index contributed by atoms with van der Waals surface area (Å²) >= 11 is 0. The first kappa shape index (κ1) is 29.4. The molecule has 3 saturated carbocycles. The topological polar surface area (TPSA) is 99.7 Å². The molecule has 2 heterocycles.